The minimum Gasteiger partial charge on any atom is -0.497 e. The first-order chi connectivity index (χ1) is 11.3. The Kier molecular flexibility index (Phi) is 5.54. The maximum absolute atomic E-state index is 6.28. The second-order valence-corrected chi connectivity index (χ2v) is 6.03. The number of ether oxygens (including phenoxy) is 2. The van der Waals surface area contributed by atoms with Crippen LogP contribution in [0.2, 0.25) is 0 Å². The molecule has 0 spiro atoms. The van der Waals surface area contributed by atoms with Gasteiger partial charge in [0.1, 0.15) is 17.6 Å². The summed E-state index contributed by atoms with van der Waals surface area (Å²) < 4.78 is 11.5. The normalized spacial score (nSPS) is 16.2. The first kappa shape index (κ1) is 15.9. The van der Waals surface area contributed by atoms with Crippen molar-refractivity contribution in [2.75, 3.05) is 26.7 Å². The van der Waals surface area contributed by atoms with Crippen LogP contribution in [0.4, 0.5) is 0 Å². The molecule has 1 saturated heterocycles. The van der Waals surface area contributed by atoms with Gasteiger partial charge in [0.25, 0.3) is 0 Å². The predicted octanol–water partition coefficient (Wildman–Crippen LogP) is 4.30. The second-order valence-electron chi connectivity index (χ2n) is 6.03. The molecule has 3 rings (SSSR count). The lowest BCUT2D eigenvalue weighted by atomic mass is 10.1. The largest absolute Gasteiger partial charge is 0.497 e. The number of likely N-dealkylation sites (tertiary alicyclic amines) is 1. The van der Waals surface area contributed by atoms with E-state index in [9.17, 15) is 0 Å². The van der Waals surface area contributed by atoms with E-state index in [1.807, 2.05) is 24.3 Å². The summed E-state index contributed by atoms with van der Waals surface area (Å²) in [7, 11) is 1.68. The van der Waals surface area contributed by atoms with E-state index < -0.39 is 0 Å². The molecule has 1 atom stereocenters. The van der Waals surface area contributed by atoms with E-state index in [4.69, 9.17) is 9.47 Å². The molecule has 122 valence electrons. The van der Waals surface area contributed by atoms with Crippen molar-refractivity contribution >= 4 is 0 Å². The Labute approximate surface area is 138 Å². The molecule has 0 radical (unpaired) electrons. The minimum atomic E-state index is 0.0881. The molecular formula is C20H25NO2. The maximum Gasteiger partial charge on any atom is 0.125 e. The van der Waals surface area contributed by atoms with Gasteiger partial charge in [0.2, 0.25) is 0 Å². The molecule has 0 saturated carbocycles. The smallest absolute Gasteiger partial charge is 0.125 e. The molecule has 0 amide bonds. The Balaban J connectivity index is 1.68. The minimum absolute atomic E-state index is 0.0881. The van der Waals surface area contributed by atoms with Crippen molar-refractivity contribution in [1.82, 2.24) is 4.90 Å². The van der Waals surface area contributed by atoms with Gasteiger partial charge in [-0.15, -0.1) is 0 Å². The van der Waals surface area contributed by atoms with Crippen molar-refractivity contribution in [3.8, 4) is 11.5 Å². The summed E-state index contributed by atoms with van der Waals surface area (Å²) in [5.74, 6) is 1.74. The van der Waals surface area contributed by atoms with E-state index >= 15 is 0 Å². The molecule has 2 aromatic carbocycles. The van der Waals surface area contributed by atoms with Gasteiger partial charge >= 0.3 is 0 Å². The SMILES string of the molecule is COc1ccc(OC(CCN2CCCC2)c2ccccc2)cc1. The third-order valence-electron chi connectivity index (χ3n) is 4.42. The van der Waals surface area contributed by atoms with Gasteiger partial charge in [-0.25, -0.2) is 0 Å². The fraction of sp³-hybridized carbons (Fsp3) is 0.400. The first-order valence-electron chi connectivity index (χ1n) is 8.43. The summed E-state index contributed by atoms with van der Waals surface area (Å²) in [5.41, 5.74) is 1.24. The average Bonchev–Trinajstić information content (AvgIpc) is 3.13. The Hall–Kier alpha value is -2.00. The monoisotopic (exact) mass is 311 g/mol. The number of nitrogens with zero attached hydrogens (tertiary/aromatic N) is 1. The fourth-order valence-electron chi connectivity index (χ4n) is 3.09. The first-order valence-corrected chi connectivity index (χ1v) is 8.43. The summed E-state index contributed by atoms with van der Waals surface area (Å²) in [6, 6.07) is 18.3. The predicted molar refractivity (Wildman–Crippen MR) is 93.1 cm³/mol. The van der Waals surface area contributed by atoms with E-state index in [0.717, 1.165) is 24.5 Å². The summed E-state index contributed by atoms with van der Waals surface area (Å²) in [6.07, 6.45) is 3.76. The summed E-state index contributed by atoms with van der Waals surface area (Å²) in [5, 5.41) is 0. The molecule has 0 bridgehead atoms. The Morgan fingerprint density at radius 3 is 2.22 bits per heavy atom. The van der Waals surface area contributed by atoms with E-state index in [0.29, 0.717) is 0 Å². The molecule has 23 heavy (non-hydrogen) atoms. The molecule has 1 heterocycles. The van der Waals surface area contributed by atoms with E-state index in [-0.39, 0.29) is 6.10 Å². The standard InChI is InChI=1S/C20H25NO2/c1-22-18-9-11-19(12-10-18)23-20(17-7-3-2-4-8-17)13-16-21-14-5-6-15-21/h2-4,7-12,20H,5-6,13-16H2,1H3. The van der Waals surface area contributed by atoms with E-state index in [1.54, 1.807) is 7.11 Å². The molecule has 3 nitrogen and oxygen atoms in total. The van der Waals surface area contributed by atoms with E-state index in [1.165, 1.54) is 31.5 Å². The lowest BCUT2D eigenvalue weighted by molar-refractivity contribution is 0.172. The highest BCUT2D eigenvalue weighted by atomic mass is 16.5. The highest BCUT2D eigenvalue weighted by molar-refractivity contribution is 5.32. The lowest BCUT2D eigenvalue weighted by Crippen LogP contribution is -2.23. The zero-order valence-corrected chi connectivity index (χ0v) is 13.8. The van der Waals surface area contributed by atoms with Gasteiger partial charge in [0.15, 0.2) is 0 Å². The van der Waals surface area contributed by atoms with Gasteiger partial charge in [-0.1, -0.05) is 30.3 Å². The van der Waals surface area contributed by atoms with Gasteiger partial charge in [-0.05, 0) is 55.8 Å². The number of methoxy groups -OCH3 is 1. The Bertz CT molecular complexity index is 576. The molecule has 2 aromatic rings. The van der Waals surface area contributed by atoms with Crippen molar-refractivity contribution in [3.05, 3.63) is 60.2 Å². The fourth-order valence-corrected chi connectivity index (χ4v) is 3.09. The zero-order chi connectivity index (χ0) is 15.9. The van der Waals surface area contributed by atoms with Crippen LogP contribution in [0.15, 0.2) is 54.6 Å². The average molecular weight is 311 g/mol. The third kappa shape index (κ3) is 4.49. The molecule has 1 aliphatic heterocycles. The zero-order valence-electron chi connectivity index (χ0n) is 13.8. The summed E-state index contributed by atoms with van der Waals surface area (Å²) >= 11 is 0. The second kappa shape index (κ2) is 8.02. The molecule has 0 aliphatic carbocycles. The highest BCUT2D eigenvalue weighted by Crippen LogP contribution is 2.27. The van der Waals surface area contributed by atoms with Crippen molar-refractivity contribution in [3.63, 3.8) is 0 Å². The van der Waals surface area contributed by atoms with Crippen molar-refractivity contribution in [1.29, 1.82) is 0 Å². The summed E-state index contributed by atoms with van der Waals surface area (Å²) in [4.78, 5) is 2.54. The summed E-state index contributed by atoms with van der Waals surface area (Å²) in [6.45, 7) is 3.55. The van der Waals surface area contributed by atoms with Crippen molar-refractivity contribution < 1.29 is 9.47 Å². The van der Waals surface area contributed by atoms with Crippen LogP contribution in [0.3, 0.4) is 0 Å². The molecular weight excluding hydrogens is 286 g/mol. The number of hydrogen-bond acceptors (Lipinski definition) is 3. The molecule has 1 aliphatic rings. The quantitative estimate of drug-likeness (QED) is 0.761. The van der Waals surface area contributed by atoms with Gasteiger partial charge in [-0.2, -0.15) is 0 Å². The molecule has 1 fully saturated rings. The van der Waals surface area contributed by atoms with Gasteiger partial charge < -0.3 is 14.4 Å². The van der Waals surface area contributed by atoms with Crippen LogP contribution in [-0.2, 0) is 0 Å². The molecule has 0 aromatic heterocycles. The van der Waals surface area contributed by atoms with Crippen LogP contribution in [0.25, 0.3) is 0 Å². The van der Waals surface area contributed by atoms with Crippen LogP contribution in [0.1, 0.15) is 30.9 Å². The number of hydrogen-bond donors (Lipinski definition) is 0. The van der Waals surface area contributed by atoms with Gasteiger partial charge in [-0.3, -0.25) is 0 Å². The maximum atomic E-state index is 6.28. The number of benzene rings is 2. The van der Waals surface area contributed by atoms with Crippen molar-refractivity contribution in [2.24, 2.45) is 0 Å². The third-order valence-corrected chi connectivity index (χ3v) is 4.42. The highest BCUT2D eigenvalue weighted by Gasteiger charge is 2.17. The van der Waals surface area contributed by atoms with Crippen LogP contribution in [-0.4, -0.2) is 31.6 Å². The van der Waals surface area contributed by atoms with Crippen LogP contribution >= 0.6 is 0 Å². The molecule has 1 unspecified atom stereocenters. The molecule has 3 heteroatoms. The van der Waals surface area contributed by atoms with Crippen LogP contribution in [0, 0.1) is 0 Å². The van der Waals surface area contributed by atoms with E-state index in [2.05, 4.69) is 35.2 Å². The Morgan fingerprint density at radius 2 is 1.57 bits per heavy atom. The Morgan fingerprint density at radius 1 is 0.913 bits per heavy atom. The lowest BCUT2D eigenvalue weighted by Gasteiger charge is -2.23. The van der Waals surface area contributed by atoms with Crippen LogP contribution in [0.5, 0.6) is 11.5 Å². The van der Waals surface area contributed by atoms with Crippen molar-refractivity contribution in [2.45, 2.75) is 25.4 Å². The van der Waals surface area contributed by atoms with Gasteiger partial charge in [0, 0.05) is 13.0 Å². The van der Waals surface area contributed by atoms with Crippen LogP contribution < -0.4 is 9.47 Å². The van der Waals surface area contributed by atoms with Gasteiger partial charge in [0.05, 0.1) is 7.11 Å². The molecule has 0 N–H and O–H groups in total. The number of rotatable bonds is 7. The topological polar surface area (TPSA) is 21.7 Å².